The van der Waals surface area contributed by atoms with E-state index in [0.29, 0.717) is 19.3 Å². The minimum Gasteiger partial charge on any atom is -0.377 e. The van der Waals surface area contributed by atoms with Crippen LogP contribution in [0.3, 0.4) is 0 Å². The molecule has 1 heterocycles. The van der Waals surface area contributed by atoms with Crippen LogP contribution >= 0.6 is 0 Å². The number of benzene rings is 1. The Morgan fingerprint density at radius 1 is 1.15 bits per heavy atom. The van der Waals surface area contributed by atoms with Gasteiger partial charge in [0.05, 0.1) is 12.7 Å². The molecule has 0 spiro atoms. The lowest BCUT2D eigenvalue weighted by Gasteiger charge is -2.32. The third-order valence-corrected chi connectivity index (χ3v) is 4.23. The molecule has 2 N–H and O–H groups in total. The maximum absolute atomic E-state index is 5.74. The molecule has 1 aliphatic rings. The van der Waals surface area contributed by atoms with E-state index in [1.54, 1.807) is 0 Å². The average Bonchev–Trinajstić information content (AvgIpc) is 2.42. The van der Waals surface area contributed by atoms with Crippen molar-refractivity contribution < 1.29 is 4.74 Å². The van der Waals surface area contributed by atoms with E-state index >= 15 is 0 Å². The highest BCUT2D eigenvalue weighted by Crippen LogP contribution is 2.21. The largest absolute Gasteiger partial charge is 0.377 e. The van der Waals surface area contributed by atoms with Crippen molar-refractivity contribution in [1.82, 2.24) is 4.90 Å². The van der Waals surface area contributed by atoms with Crippen molar-refractivity contribution >= 4 is 0 Å². The smallest absolute Gasteiger partial charge is 0.0600 e. The monoisotopic (exact) mass is 276 g/mol. The number of nitrogens with two attached hydrogens (primary N) is 1. The first-order valence-electron chi connectivity index (χ1n) is 7.71. The summed E-state index contributed by atoms with van der Waals surface area (Å²) in [6.07, 6.45) is 2.67. The highest BCUT2D eigenvalue weighted by Gasteiger charge is 2.20. The highest BCUT2D eigenvalue weighted by atomic mass is 16.5. The zero-order valence-corrected chi connectivity index (χ0v) is 13.1. The molecular weight excluding hydrogens is 248 g/mol. The van der Waals surface area contributed by atoms with Crippen molar-refractivity contribution in [3.63, 3.8) is 0 Å². The molecule has 0 aromatic heterocycles. The zero-order valence-electron chi connectivity index (χ0n) is 13.1. The van der Waals surface area contributed by atoms with Gasteiger partial charge < -0.3 is 10.5 Å². The molecule has 0 saturated carbocycles. The van der Waals surface area contributed by atoms with E-state index in [1.807, 2.05) is 0 Å². The maximum Gasteiger partial charge on any atom is 0.0600 e. The molecule has 0 atom stereocenters. The summed E-state index contributed by atoms with van der Waals surface area (Å²) in [5.41, 5.74) is 11.2. The van der Waals surface area contributed by atoms with Crippen molar-refractivity contribution in [3.8, 4) is 0 Å². The highest BCUT2D eigenvalue weighted by molar-refractivity contribution is 5.37. The van der Waals surface area contributed by atoms with Gasteiger partial charge in [0.25, 0.3) is 0 Å². The van der Waals surface area contributed by atoms with Crippen LogP contribution in [0, 0.1) is 20.8 Å². The van der Waals surface area contributed by atoms with Crippen LogP contribution in [-0.2, 0) is 11.3 Å². The topological polar surface area (TPSA) is 38.5 Å². The van der Waals surface area contributed by atoms with Gasteiger partial charge >= 0.3 is 0 Å². The molecule has 0 radical (unpaired) electrons. The molecule has 112 valence electrons. The maximum atomic E-state index is 5.74. The van der Waals surface area contributed by atoms with Gasteiger partial charge in [0.1, 0.15) is 0 Å². The van der Waals surface area contributed by atoms with E-state index in [9.17, 15) is 0 Å². The van der Waals surface area contributed by atoms with Gasteiger partial charge in [-0.15, -0.1) is 0 Å². The number of hydrogen-bond acceptors (Lipinski definition) is 3. The molecule has 0 amide bonds. The van der Waals surface area contributed by atoms with E-state index in [4.69, 9.17) is 10.5 Å². The fraction of sp³-hybridized carbons (Fsp3) is 0.647. The molecule has 1 aromatic carbocycles. The zero-order chi connectivity index (χ0) is 14.5. The van der Waals surface area contributed by atoms with Gasteiger partial charge in [-0.1, -0.05) is 17.7 Å². The predicted molar refractivity (Wildman–Crippen MR) is 84.0 cm³/mol. The summed E-state index contributed by atoms with van der Waals surface area (Å²) in [5, 5.41) is 0. The Morgan fingerprint density at radius 3 is 2.30 bits per heavy atom. The molecule has 0 aliphatic carbocycles. The van der Waals surface area contributed by atoms with Gasteiger partial charge in [0, 0.05) is 26.2 Å². The molecule has 2 rings (SSSR count). The molecule has 3 nitrogen and oxygen atoms in total. The Labute approximate surface area is 123 Å². The van der Waals surface area contributed by atoms with Crippen LogP contribution in [0.1, 0.15) is 35.1 Å². The Bertz CT molecular complexity index is 414. The SMILES string of the molecule is Cc1cc(C)c(CN2CCC(OCCN)CC2)c(C)c1. The molecule has 20 heavy (non-hydrogen) atoms. The Balaban J connectivity index is 1.90. The van der Waals surface area contributed by atoms with E-state index in [1.165, 1.54) is 22.3 Å². The lowest BCUT2D eigenvalue weighted by Crippen LogP contribution is -2.37. The van der Waals surface area contributed by atoms with Crippen LogP contribution < -0.4 is 5.73 Å². The van der Waals surface area contributed by atoms with E-state index in [0.717, 1.165) is 32.5 Å². The molecule has 3 heteroatoms. The van der Waals surface area contributed by atoms with Gasteiger partial charge in [-0.25, -0.2) is 0 Å². The normalized spacial score (nSPS) is 17.6. The first-order chi connectivity index (χ1) is 9.60. The fourth-order valence-electron chi connectivity index (χ4n) is 3.15. The standard InChI is InChI=1S/C17H28N2O/c1-13-10-14(2)17(15(3)11-13)12-19-7-4-16(5-8-19)20-9-6-18/h10-11,16H,4-9,12,18H2,1-3H3. The molecule has 1 aliphatic heterocycles. The quantitative estimate of drug-likeness (QED) is 0.898. The average molecular weight is 276 g/mol. The second-order valence-electron chi connectivity index (χ2n) is 6.01. The number of rotatable bonds is 5. The van der Waals surface area contributed by atoms with Crippen LogP contribution in [0.2, 0.25) is 0 Å². The van der Waals surface area contributed by atoms with E-state index in [-0.39, 0.29) is 0 Å². The summed E-state index contributed by atoms with van der Waals surface area (Å²) in [5.74, 6) is 0. The lowest BCUT2D eigenvalue weighted by molar-refractivity contribution is 0.00972. The molecule has 1 fully saturated rings. The number of nitrogens with zero attached hydrogens (tertiary/aromatic N) is 1. The second-order valence-corrected chi connectivity index (χ2v) is 6.01. The molecule has 1 saturated heterocycles. The van der Waals surface area contributed by atoms with E-state index in [2.05, 4.69) is 37.8 Å². The number of ether oxygens (including phenoxy) is 1. The Kier molecular flexibility index (Phi) is 5.58. The Hall–Kier alpha value is -0.900. The third kappa shape index (κ3) is 4.05. The summed E-state index contributed by atoms with van der Waals surface area (Å²) < 4.78 is 5.74. The number of piperidine rings is 1. The van der Waals surface area contributed by atoms with Gasteiger partial charge in [0.2, 0.25) is 0 Å². The van der Waals surface area contributed by atoms with Crippen LogP contribution in [0.25, 0.3) is 0 Å². The first-order valence-corrected chi connectivity index (χ1v) is 7.71. The van der Waals surface area contributed by atoms with Crippen molar-refractivity contribution in [2.24, 2.45) is 5.73 Å². The summed E-state index contributed by atoms with van der Waals surface area (Å²) in [7, 11) is 0. The molecule has 0 unspecified atom stereocenters. The Morgan fingerprint density at radius 2 is 1.75 bits per heavy atom. The summed E-state index contributed by atoms with van der Waals surface area (Å²) in [6, 6.07) is 4.58. The minimum absolute atomic E-state index is 0.412. The second kappa shape index (κ2) is 7.21. The minimum atomic E-state index is 0.412. The number of aryl methyl sites for hydroxylation is 3. The number of likely N-dealkylation sites (tertiary alicyclic amines) is 1. The van der Waals surface area contributed by atoms with Crippen molar-refractivity contribution in [3.05, 3.63) is 34.4 Å². The summed E-state index contributed by atoms with van der Waals surface area (Å²) in [4.78, 5) is 2.55. The van der Waals surface area contributed by atoms with Crippen molar-refractivity contribution in [1.29, 1.82) is 0 Å². The molecule has 1 aromatic rings. The number of hydrogen-bond donors (Lipinski definition) is 1. The van der Waals surface area contributed by atoms with E-state index < -0.39 is 0 Å². The predicted octanol–water partition coefficient (Wildman–Crippen LogP) is 2.55. The summed E-state index contributed by atoms with van der Waals surface area (Å²) in [6.45, 7) is 11.3. The third-order valence-electron chi connectivity index (χ3n) is 4.23. The first kappa shape index (κ1) is 15.5. The van der Waals surface area contributed by atoms with Crippen molar-refractivity contribution in [2.75, 3.05) is 26.2 Å². The van der Waals surface area contributed by atoms with Crippen LogP contribution in [0.4, 0.5) is 0 Å². The van der Waals surface area contributed by atoms with Gasteiger partial charge in [-0.2, -0.15) is 0 Å². The van der Waals surface area contributed by atoms with Crippen LogP contribution in [-0.4, -0.2) is 37.2 Å². The lowest BCUT2D eigenvalue weighted by atomic mass is 9.98. The van der Waals surface area contributed by atoms with Crippen LogP contribution in [0.15, 0.2) is 12.1 Å². The molecule has 0 bridgehead atoms. The van der Waals surface area contributed by atoms with Gasteiger partial charge in [0.15, 0.2) is 0 Å². The van der Waals surface area contributed by atoms with Crippen LogP contribution in [0.5, 0.6) is 0 Å². The summed E-state index contributed by atoms with van der Waals surface area (Å²) >= 11 is 0. The van der Waals surface area contributed by atoms with Gasteiger partial charge in [-0.3, -0.25) is 4.90 Å². The van der Waals surface area contributed by atoms with Gasteiger partial charge in [-0.05, 0) is 50.3 Å². The fourth-order valence-corrected chi connectivity index (χ4v) is 3.15. The van der Waals surface area contributed by atoms with Crippen molar-refractivity contribution in [2.45, 2.75) is 46.3 Å². The molecular formula is C17H28N2O.